The maximum Gasteiger partial charge on any atom is 0.209 e. The number of sulfonamides is 1. The SMILES string of the molecule is NS(=O)(=O)CCC1OC(n2cnc3c(NCc4cc(F)cc(F)c4)ncnc32)C(O)C1O. The number of anilines is 1. The van der Waals surface area contributed by atoms with Crippen LogP contribution >= 0.6 is 0 Å². The van der Waals surface area contributed by atoms with Crippen molar-refractivity contribution in [3.8, 4) is 0 Å². The molecule has 4 rings (SSSR count). The van der Waals surface area contributed by atoms with Crippen molar-refractivity contribution in [3.63, 3.8) is 0 Å². The van der Waals surface area contributed by atoms with Crippen LogP contribution in [0.4, 0.5) is 14.6 Å². The van der Waals surface area contributed by atoms with Gasteiger partial charge < -0.3 is 20.3 Å². The molecule has 0 bridgehead atoms. The van der Waals surface area contributed by atoms with Crippen LogP contribution in [0.3, 0.4) is 0 Å². The Morgan fingerprint density at radius 2 is 1.84 bits per heavy atom. The van der Waals surface area contributed by atoms with Crippen molar-refractivity contribution in [2.45, 2.75) is 37.5 Å². The first-order valence-electron chi connectivity index (χ1n) is 9.51. The van der Waals surface area contributed by atoms with Gasteiger partial charge in [-0.2, -0.15) is 0 Å². The highest BCUT2D eigenvalue weighted by atomic mass is 32.2. The van der Waals surface area contributed by atoms with E-state index in [-0.39, 0.29) is 24.4 Å². The topological polar surface area (TPSA) is 165 Å². The Balaban J connectivity index is 1.55. The molecule has 172 valence electrons. The lowest BCUT2D eigenvalue weighted by molar-refractivity contribution is -0.0353. The van der Waals surface area contributed by atoms with E-state index in [1.165, 1.54) is 29.4 Å². The van der Waals surface area contributed by atoms with E-state index in [1.807, 2.05) is 0 Å². The van der Waals surface area contributed by atoms with Crippen LogP contribution in [0.15, 0.2) is 30.9 Å². The van der Waals surface area contributed by atoms with E-state index < -0.39 is 52.0 Å². The third-order valence-electron chi connectivity index (χ3n) is 5.04. The van der Waals surface area contributed by atoms with Crippen LogP contribution in [0.2, 0.25) is 0 Å². The third kappa shape index (κ3) is 4.68. The van der Waals surface area contributed by atoms with Crippen molar-refractivity contribution in [1.29, 1.82) is 0 Å². The number of nitrogens with two attached hydrogens (primary N) is 1. The minimum absolute atomic E-state index is 0.0601. The van der Waals surface area contributed by atoms with Crippen LogP contribution in [0.5, 0.6) is 0 Å². The normalized spacial score (nSPS) is 23.7. The molecule has 1 fully saturated rings. The van der Waals surface area contributed by atoms with Gasteiger partial charge in [-0.05, 0) is 24.1 Å². The standard InChI is InChI=1S/C18H20F2N6O5S/c19-10-3-9(4-11(20)5-10)6-22-16-13-17(24-7-23-16)26(8-25-13)18-15(28)14(27)12(31-18)1-2-32(21,29)30/h3-5,7-8,12,14-15,18,27-28H,1-2,6H2,(H2,21,29,30)(H,22,23,24). The molecule has 14 heteroatoms. The summed E-state index contributed by atoms with van der Waals surface area (Å²) < 4.78 is 56.2. The summed E-state index contributed by atoms with van der Waals surface area (Å²) in [6.45, 7) is 0.0601. The summed E-state index contributed by atoms with van der Waals surface area (Å²) in [5.41, 5.74) is 0.906. The molecule has 0 saturated carbocycles. The van der Waals surface area contributed by atoms with Crippen molar-refractivity contribution in [1.82, 2.24) is 19.5 Å². The molecule has 1 aliphatic heterocycles. The minimum Gasteiger partial charge on any atom is -0.388 e. The highest BCUT2D eigenvalue weighted by molar-refractivity contribution is 7.89. The van der Waals surface area contributed by atoms with Gasteiger partial charge in [-0.1, -0.05) is 0 Å². The van der Waals surface area contributed by atoms with Crippen LogP contribution in [-0.2, 0) is 21.3 Å². The molecule has 1 aliphatic rings. The van der Waals surface area contributed by atoms with E-state index >= 15 is 0 Å². The van der Waals surface area contributed by atoms with Crippen LogP contribution < -0.4 is 10.5 Å². The number of nitrogens with zero attached hydrogens (tertiary/aromatic N) is 4. The number of benzene rings is 1. The summed E-state index contributed by atoms with van der Waals surface area (Å²) in [7, 11) is -3.77. The van der Waals surface area contributed by atoms with Crippen LogP contribution in [-0.4, -0.2) is 62.2 Å². The fourth-order valence-electron chi connectivity index (χ4n) is 3.54. The van der Waals surface area contributed by atoms with Crippen LogP contribution in [0.1, 0.15) is 18.2 Å². The molecule has 0 radical (unpaired) electrons. The van der Waals surface area contributed by atoms with Gasteiger partial charge in [0.1, 0.15) is 30.2 Å². The maximum atomic E-state index is 13.4. The van der Waals surface area contributed by atoms with E-state index in [1.54, 1.807) is 0 Å². The zero-order valence-corrected chi connectivity index (χ0v) is 17.3. The molecule has 2 aromatic heterocycles. The van der Waals surface area contributed by atoms with Gasteiger partial charge in [0.15, 0.2) is 23.2 Å². The monoisotopic (exact) mass is 470 g/mol. The number of fused-ring (bicyclic) bond motifs is 1. The van der Waals surface area contributed by atoms with E-state index in [0.29, 0.717) is 11.1 Å². The Kier molecular flexibility index (Phi) is 6.05. The summed E-state index contributed by atoms with van der Waals surface area (Å²) in [5.74, 6) is -1.56. The molecule has 3 aromatic rings. The molecule has 32 heavy (non-hydrogen) atoms. The van der Waals surface area contributed by atoms with Gasteiger partial charge >= 0.3 is 0 Å². The summed E-state index contributed by atoms with van der Waals surface area (Å²) in [5, 5.41) is 28.6. The summed E-state index contributed by atoms with van der Waals surface area (Å²) >= 11 is 0. The van der Waals surface area contributed by atoms with Gasteiger partial charge in [-0.15, -0.1) is 0 Å². The number of ether oxygens (including phenoxy) is 1. The molecular formula is C18H20F2N6O5S. The van der Waals surface area contributed by atoms with Gasteiger partial charge in [-0.25, -0.2) is 37.3 Å². The summed E-state index contributed by atoms with van der Waals surface area (Å²) in [6, 6.07) is 3.13. The average molecular weight is 470 g/mol. The maximum absolute atomic E-state index is 13.4. The number of aliphatic hydroxyl groups is 2. The second-order valence-electron chi connectivity index (χ2n) is 7.38. The van der Waals surface area contributed by atoms with E-state index in [0.717, 1.165) is 6.07 Å². The molecule has 1 saturated heterocycles. The number of primary sulfonamides is 1. The largest absolute Gasteiger partial charge is 0.388 e. The predicted octanol–water partition coefficient (Wildman–Crippen LogP) is 0.0144. The smallest absolute Gasteiger partial charge is 0.209 e. The van der Waals surface area contributed by atoms with Gasteiger partial charge in [0, 0.05) is 12.6 Å². The highest BCUT2D eigenvalue weighted by Gasteiger charge is 2.44. The first kappa shape index (κ1) is 22.4. The lowest BCUT2D eigenvalue weighted by atomic mass is 10.1. The highest BCUT2D eigenvalue weighted by Crippen LogP contribution is 2.33. The zero-order valence-electron chi connectivity index (χ0n) is 16.5. The number of rotatable bonds is 7. The Bertz CT molecular complexity index is 1220. The first-order valence-corrected chi connectivity index (χ1v) is 11.2. The molecule has 0 spiro atoms. The molecule has 5 N–H and O–H groups in total. The van der Waals surface area contributed by atoms with Gasteiger partial charge in [0.05, 0.1) is 18.2 Å². The third-order valence-corrected chi connectivity index (χ3v) is 5.84. The molecule has 4 atom stereocenters. The number of halogens is 2. The molecular weight excluding hydrogens is 450 g/mol. The zero-order chi connectivity index (χ0) is 23.0. The Labute approximate surface area is 180 Å². The second-order valence-corrected chi connectivity index (χ2v) is 9.11. The number of nitrogens with one attached hydrogen (secondary N) is 1. The van der Waals surface area contributed by atoms with Crippen molar-refractivity contribution >= 4 is 27.0 Å². The number of hydrogen-bond acceptors (Lipinski definition) is 9. The van der Waals surface area contributed by atoms with Gasteiger partial charge in [0.25, 0.3) is 0 Å². The van der Waals surface area contributed by atoms with Gasteiger partial charge in [0.2, 0.25) is 10.0 Å². The van der Waals surface area contributed by atoms with Crippen molar-refractivity contribution in [2.24, 2.45) is 5.14 Å². The van der Waals surface area contributed by atoms with E-state index in [9.17, 15) is 27.4 Å². The average Bonchev–Trinajstić information content (AvgIpc) is 3.25. The van der Waals surface area contributed by atoms with Gasteiger partial charge in [-0.3, -0.25) is 4.57 Å². The van der Waals surface area contributed by atoms with Crippen LogP contribution in [0, 0.1) is 11.6 Å². The van der Waals surface area contributed by atoms with Crippen molar-refractivity contribution < 1.29 is 32.1 Å². The number of imidazole rings is 1. The fraction of sp³-hybridized carbons (Fsp3) is 0.389. The summed E-state index contributed by atoms with van der Waals surface area (Å²) in [6.07, 6.45) is -2.32. The summed E-state index contributed by atoms with van der Waals surface area (Å²) in [4.78, 5) is 12.5. The van der Waals surface area contributed by atoms with E-state index in [2.05, 4.69) is 20.3 Å². The number of aliphatic hydroxyl groups excluding tert-OH is 2. The second kappa shape index (κ2) is 8.63. The Morgan fingerprint density at radius 3 is 2.53 bits per heavy atom. The Hall–Kier alpha value is -2.78. The molecule has 11 nitrogen and oxygen atoms in total. The molecule has 4 unspecified atom stereocenters. The molecule has 1 aromatic carbocycles. The lowest BCUT2D eigenvalue weighted by Gasteiger charge is -2.16. The van der Waals surface area contributed by atoms with Crippen molar-refractivity contribution in [2.75, 3.05) is 11.1 Å². The lowest BCUT2D eigenvalue weighted by Crippen LogP contribution is -2.33. The number of aromatic nitrogens is 4. The molecule has 3 heterocycles. The fourth-order valence-corrected chi connectivity index (χ4v) is 4.11. The minimum atomic E-state index is -3.77. The van der Waals surface area contributed by atoms with Crippen molar-refractivity contribution in [3.05, 3.63) is 48.1 Å². The van der Waals surface area contributed by atoms with E-state index in [4.69, 9.17) is 9.88 Å². The predicted molar refractivity (Wildman–Crippen MR) is 108 cm³/mol. The molecule has 0 aliphatic carbocycles. The quantitative estimate of drug-likeness (QED) is 0.372. The first-order chi connectivity index (χ1) is 15.1. The molecule has 0 amide bonds. The Morgan fingerprint density at radius 1 is 1.12 bits per heavy atom. The van der Waals surface area contributed by atoms with Crippen LogP contribution in [0.25, 0.3) is 11.2 Å². The number of hydrogen-bond donors (Lipinski definition) is 4.